The van der Waals surface area contributed by atoms with E-state index in [1.807, 2.05) is 0 Å². The molecule has 53 heavy (non-hydrogen) atoms. The lowest BCUT2D eigenvalue weighted by Crippen LogP contribution is -2.75. The molecule has 0 unspecified atom stereocenters. The van der Waals surface area contributed by atoms with Gasteiger partial charge in [-0.05, 0) is 97.0 Å². The molecule has 0 saturated heterocycles. The second-order valence-corrected chi connectivity index (χ2v) is 20.6. The summed E-state index contributed by atoms with van der Waals surface area (Å²) in [6.45, 7) is 7.72. The minimum absolute atomic E-state index is 0.250. The minimum Gasteiger partial charge on any atom is -0.397 e. The Balaban J connectivity index is 0.00000199. The Morgan fingerprint density at radius 3 is 0.547 bits per heavy atom. The molecule has 0 aliphatic carbocycles. The normalized spacial score (nSPS) is 11.6. The molecule has 0 radical (unpaired) electrons. The Morgan fingerprint density at radius 2 is 0.453 bits per heavy atom. The van der Waals surface area contributed by atoms with Gasteiger partial charge in [-0.3, -0.25) is 18.3 Å². The van der Waals surface area contributed by atoms with Gasteiger partial charge in [0, 0.05) is 26.4 Å². The number of hydrogen-bond donors (Lipinski definition) is 12. The van der Waals surface area contributed by atoms with E-state index in [0.29, 0.717) is 20.7 Å². The maximum absolute atomic E-state index is 11.9. The van der Waals surface area contributed by atoms with Gasteiger partial charge in [-0.25, -0.2) is 0 Å². The topological polar surface area (TPSA) is 311 Å². The van der Waals surface area contributed by atoms with Gasteiger partial charge < -0.3 is 59.6 Å². The highest BCUT2D eigenvalue weighted by molar-refractivity contribution is 7.61. The summed E-state index contributed by atoms with van der Waals surface area (Å²) in [5.74, 6) is 0. The highest BCUT2D eigenvalue weighted by Gasteiger charge is 2.42. The van der Waals surface area contributed by atoms with Gasteiger partial charge in [-0.2, -0.15) is 0 Å². The summed E-state index contributed by atoms with van der Waals surface area (Å²) >= 11 is 0. The van der Waals surface area contributed by atoms with Crippen molar-refractivity contribution in [3.8, 4) is 0 Å². The molecule has 21 heteroatoms. The maximum atomic E-state index is 11.9. The van der Waals surface area contributed by atoms with E-state index in [0.717, 1.165) is 0 Å². The van der Waals surface area contributed by atoms with E-state index in [2.05, 4.69) is 0 Å². The summed E-state index contributed by atoms with van der Waals surface area (Å²) in [5, 5.41) is 31.2. The molecular formula is C32H48O16P4Si. The first-order valence-electron chi connectivity index (χ1n) is 15.6. The van der Waals surface area contributed by atoms with Crippen LogP contribution in [0.3, 0.4) is 0 Å². The van der Waals surface area contributed by atoms with Crippen LogP contribution < -0.4 is 42.0 Å². The van der Waals surface area contributed by atoms with Gasteiger partial charge in [0.05, 0.1) is 21.2 Å². The van der Waals surface area contributed by atoms with Gasteiger partial charge >= 0.3 is 30.4 Å². The van der Waals surface area contributed by atoms with Crippen molar-refractivity contribution in [3.05, 3.63) is 97.1 Å². The summed E-state index contributed by atoms with van der Waals surface area (Å²) in [6, 6.07) is 21.7. The van der Waals surface area contributed by atoms with Crippen molar-refractivity contribution in [2.45, 2.75) is 27.7 Å². The van der Waals surface area contributed by atoms with Crippen molar-refractivity contribution < 1.29 is 77.8 Å². The van der Waals surface area contributed by atoms with Crippen LogP contribution in [0, 0.1) is 0 Å². The zero-order chi connectivity index (χ0) is 41.3. The van der Waals surface area contributed by atoms with Gasteiger partial charge in [-0.15, -0.1) is 0 Å². The molecular weight excluding hydrogens is 792 g/mol. The average Bonchev–Trinajstić information content (AvgIpc) is 3.06. The third-order valence-electron chi connectivity index (χ3n) is 6.55. The molecule has 0 saturated carbocycles. The summed E-state index contributed by atoms with van der Waals surface area (Å²) in [6.07, 6.45) is 0. The monoisotopic (exact) mass is 840 g/mol. The molecule has 4 aromatic carbocycles. The van der Waals surface area contributed by atoms with Crippen LogP contribution in [0.1, 0.15) is 27.7 Å². The van der Waals surface area contributed by atoms with Crippen molar-refractivity contribution in [1.29, 1.82) is 0 Å². The lowest BCUT2D eigenvalue weighted by Gasteiger charge is -2.35. The van der Waals surface area contributed by atoms with Crippen LogP contribution in [0.15, 0.2) is 97.1 Å². The largest absolute Gasteiger partial charge is 0.397 e. The van der Waals surface area contributed by atoms with E-state index in [-0.39, 0.29) is 47.6 Å². The van der Waals surface area contributed by atoms with Gasteiger partial charge in [0.2, 0.25) is 0 Å². The van der Waals surface area contributed by atoms with Crippen molar-refractivity contribution in [2.75, 3.05) is 26.4 Å². The molecule has 16 nitrogen and oxygen atoms in total. The van der Waals surface area contributed by atoms with Crippen LogP contribution >= 0.6 is 30.4 Å². The molecule has 0 atom stereocenters. The third kappa shape index (κ3) is 15.3. The molecule has 12 N–H and O–H groups in total. The van der Waals surface area contributed by atoms with Gasteiger partial charge in [0.15, 0.2) is 8.07 Å². The number of hydrogen-bond acceptors (Lipinski definition) is 8. The van der Waals surface area contributed by atoms with Gasteiger partial charge in [-0.1, -0.05) is 48.5 Å². The van der Waals surface area contributed by atoms with Crippen molar-refractivity contribution in [1.82, 2.24) is 0 Å². The highest BCUT2D eigenvalue weighted by atomic mass is 31.2. The second-order valence-electron chi connectivity index (χ2n) is 10.4. The van der Waals surface area contributed by atoms with Crippen LogP contribution in [-0.4, -0.2) is 94.1 Å². The average molecular weight is 841 g/mol. The molecule has 0 heterocycles. The summed E-state index contributed by atoms with van der Waals surface area (Å²) in [4.78, 5) is 77.2. The Bertz CT molecular complexity index is 1560. The molecule has 296 valence electrons. The third-order valence-corrected chi connectivity index (χ3v) is 15.2. The van der Waals surface area contributed by atoms with Crippen LogP contribution in [0.25, 0.3) is 0 Å². The molecule has 4 rings (SSSR count). The molecule has 4 aromatic rings. The van der Waals surface area contributed by atoms with Crippen molar-refractivity contribution in [2.24, 2.45) is 0 Å². The molecule has 0 aromatic heterocycles. The zero-order valence-corrected chi connectivity index (χ0v) is 33.9. The first-order chi connectivity index (χ1) is 24.5. The predicted octanol–water partition coefficient (Wildman–Crippen LogP) is -1.73. The van der Waals surface area contributed by atoms with E-state index in [1.54, 1.807) is 27.7 Å². The van der Waals surface area contributed by atoms with Crippen LogP contribution in [0.5, 0.6) is 0 Å². The minimum atomic E-state index is -4.63. The number of aliphatic hydroxyl groups is 4. The fourth-order valence-corrected chi connectivity index (χ4v) is 11.4. The first-order valence-corrected chi connectivity index (χ1v) is 24.1. The molecule has 0 aliphatic heterocycles. The summed E-state index contributed by atoms with van der Waals surface area (Å²) in [7, 11) is -22.1. The van der Waals surface area contributed by atoms with E-state index < -0.39 is 38.5 Å². The number of benzene rings is 4. The first kappa shape index (κ1) is 50.5. The maximum Gasteiger partial charge on any atom is 0.356 e. The lowest BCUT2D eigenvalue weighted by molar-refractivity contribution is 0.318. The SMILES string of the molecule is CCO.CCO.CCO.CCO.O=P(O)(O)c1ccc([Si](c2ccc(P(=O)(O)O)cc2)(c2ccc(P(=O)(O)O)cc2)c2ccc(P(=O)(O)O)cc2)cc1. The predicted molar refractivity (Wildman–Crippen MR) is 208 cm³/mol. The smallest absolute Gasteiger partial charge is 0.356 e. The Kier molecular flexibility index (Phi) is 21.7. The zero-order valence-electron chi connectivity index (χ0n) is 29.4. The lowest BCUT2D eigenvalue weighted by atomic mass is 10.3. The molecule has 0 spiro atoms. The molecule has 0 bridgehead atoms. The quantitative estimate of drug-likeness (QED) is 0.0533. The fraction of sp³-hybridized carbons (Fsp3) is 0.250. The number of aliphatic hydroxyl groups excluding tert-OH is 4. The van der Waals surface area contributed by atoms with E-state index in [4.69, 9.17) is 20.4 Å². The second kappa shape index (κ2) is 22.8. The Hall–Kier alpha value is -2.46. The number of rotatable bonds is 8. The van der Waals surface area contributed by atoms with Crippen LogP contribution in [0.2, 0.25) is 0 Å². The standard InChI is InChI=1S/C24H24O12P4Si.4C2H6O/c25-37(26,27)17-1-9-21(10-2-17)41(22-11-3-18(4-12-22)38(28,29)30,23-13-5-19(6-14-23)39(31,32)33)24-15-7-20(8-16-24)40(34,35)36;4*1-2-3/h1-16H,(H2,25,26,27)(H2,28,29,30)(H2,31,32,33)(H2,34,35,36);4*3H,2H2,1H3. The van der Waals surface area contributed by atoms with Gasteiger partial charge in [0.1, 0.15) is 0 Å². The van der Waals surface area contributed by atoms with Crippen LogP contribution in [-0.2, 0) is 18.3 Å². The van der Waals surface area contributed by atoms with Gasteiger partial charge in [0.25, 0.3) is 0 Å². The molecule has 0 amide bonds. The molecule has 0 fully saturated rings. The fourth-order valence-electron chi connectivity index (χ4n) is 4.62. The van der Waals surface area contributed by atoms with E-state index in [1.165, 1.54) is 97.1 Å². The molecule has 0 aliphatic rings. The van der Waals surface area contributed by atoms with Crippen LogP contribution in [0.4, 0.5) is 0 Å². The Labute approximate surface area is 308 Å². The van der Waals surface area contributed by atoms with E-state index >= 15 is 0 Å². The Morgan fingerprint density at radius 1 is 0.340 bits per heavy atom. The van der Waals surface area contributed by atoms with Crippen molar-refractivity contribution in [3.63, 3.8) is 0 Å². The van der Waals surface area contributed by atoms with E-state index in [9.17, 15) is 57.4 Å². The summed E-state index contributed by atoms with van der Waals surface area (Å²) < 4.78 is 47.5. The highest BCUT2D eigenvalue weighted by Crippen LogP contribution is 2.35. The van der Waals surface area contributed by atoms with Crippen molar-refractivity contribution >= 4 is 80.4 Å². The summed E-state index contributed by atoms with van der Waals surface area (Å²) in [5.41, 5.74) is 0.